The third-order valence-corrected chi connectivity index (χ3v) is 4.19. The molecule has 1 aliphatic rings. The summed E-state index contributed by atoms with van der Waals surface area (Å²) in [6.07, 6.45) is 3.01. The summed E-state index contributed by atoms with van der Waals surface area (Å²) in [6.45, 7) is 1.09. The van der Waals surface area contributed by atoms with Crippen LogP contribution in [0.5, 0.6) is 5.75 Å². The van der Waals surface area contributed by atoms with Gasteiger partial charge in [-0.1, -0.05) is 41.6 Å². The van der Waals surface area contributed by atoms with E-state index in [4.69, 9.17) is 4.74 Å². The van der Waals surface area contributed by atoms with Gasteiger partial charge in [0.05, 0.1) is 12.2 Å². The molecule has 5 nitrogen and oxygen atoms in total. The average Bonchev–Trinajstić information content (AvgIpc) is 3.35. The van der Waals surface area contributed by atoms with Crippen LogP contribution >= 0.6 is 0 Å². The van der Waals surface area contributed by atoms with E-state index >= 15 is 0 Å². The van der Waals surface area contributed by atoms with Crippen molar-refractivity contribution in [3.8, 4) is 5.75 Å². The third kappa shape index (κ3) is 2.70. The van der Waals surface area contributed by atoms with Crippen molar-refractivity contribution >= 4 is 17.1 Å². The van der Waals surface area contributed by atoms with Crippen molar-refractivity contribution in [3.63, 3.8) is 0 Å². The van der Waals surface area contributed by atoms with Crippen LogP contribution < -0.4 is 4.74 Å². The number of hydrogen-bond donors (Lipinski definition) is 0. The van der Waals surface area contributed by atoms with Crippen molar-refractivity contribution in [1.29, 1.82) is 0 Å². The predicted octanol–water partition coefficient (Wildman–Crippen LogP) is 3.20. The number of carbonyl (C=O) groups excluding carboxylic acids is 1. The van der Waals surface area contributed by atoms with Crippen molar-refractivity contribution in [1.82, 2.24) is 15.0 Å². The Kier molecular flexibility index (Phi) is 3.54. The van der Waals surface area contributed by atoms with Crippen molar-refractivity contribution < 1.29 is 9.53 Å². The molecule has 1 fully saturated rings. The van der Waals surface area contributed by atoms with Gasteiger partial charge in [-0.15, -0.1) is 5.10 Å². The van der Waals surface area contributed by atoms with Gasteiger partial charge in [-0.05, 0) is 24.3 Å². The zero-order valence-electron chi connectivity index (χ0n) is 12.7. The lowest BCUT2D eigenvalue weighted by Gasteiger charge is -2.10. The Morgan fingerprint density at radius 3 is 2.83 bits per heavy atom. The van der Waals surface area contributed by atoms with Gasteiger partial charge in [-0.3, -0.25) is 4.79 Å². The first kappa shape index (κ1) is 13.9. The molecule has 1 aromatic heterocycles. The summed E-state index contributed by atoms with van der Waals surface area (Å²) >= 11 is 0. The Morgan fingerprint density at radius 2 is 2.00 bits per heavy atom. The second kappa shape index (κ2) is 5.83. The van der Waals surface area contributed by atoms with E-state index in [0.717, 1.165) is 41.3 Å². The fourth-order valence-electron chi connectivity index (χ4n) is 2.92. The van der Waals surface area contributed by atoms with Crippen molar-refractivity contribution in [2.45, 2.75) is 25.3 Å². The summed E-state index contributed by atoms with van der Waals surface area (Å²) in [5.41, 5.74) is 1.43. The molecule has 0 spiro atoms. The standard InChI is InChI=1S/C18H17N3O2/c22-12-16-18(14-8-9-14)21(20-19-16)10-11-23-17-7-3-5-13-4-1-2-6-15(13)17/h1-7,12,14H,8-11H2. The molecular formula is C18H17N3O2. The van der Waals surface area contributed by atoms with E-state index in [1.54, 1.807) is 0 Å². The first-order chi connectivity index (χ1) is 11.4. The lowest BCUT2D eigenvalue weighted by molar-refractivity contribution is 0.111. The van der Waals surface area contributed by atoms with E-state index in [-0.39, 0.29) is 0 Å². The average molecular weight is 307 g/mol. The Hall–Kier alpha value is -2.69. The highest BCUT2D eigenvalue weighted by molar-refractivity contribution is 5.88. The Labute approximate surface area is 133 Å². The molecule has 0 N–H and O–H groups in total. The summed E-state index contributed by atoms with van der Waals surface area (Å²) in [5, 5.41) is 10.3. The van der Waals surface area contributed by atoms with Crippen LogP contribution in [0.2, 0.25) is 0 Å². The lowest BCUT2D eigenvalue weighted by atomic mass is 10.1. The predicted molar refractivity (Wildman–Crippen MR) is 86.8 cm³/mol. The number of benzene rings is 2. The minimum Gasteiger partial charge on any atom is -0.491 e. The number of rotatable bonds is 6. The van der Waals surface area contributed by atoms with Crippen molar-refractivity contribution in [2.75, 3.05) is 6.61 Å². The summed E-state index contributed by atoms with van der Waals surface area (Å²) in [5.74, 6) is 1.30. The highest BCUT2D eigenvalue weighted by atomic mass is 16.5. The number of carbonyl (C=O) groups is 1. The van der Waals surface area contributed by atoms with E-state index < -0.39 is 0 Å². The molecule has 0 atom stereocenters. The van der Waals surface area contributed by atoms with E-state index in [1.165, 1.54) is 0 Å². The van der Waals surface area contributed by atoms with Gasteiger partial charge in [-0.2, -0.15) is 0 Å². The normalized spacial score (nSPS) is 14.1. The molecule has 5 heteroatoms. The first-order valence-electron chi connectivity index (χ1n) is 7.86. The molecule has 1 saturated carbocycles. The number of hydrogen-bond acceptors (Lipinski definition) is 4. The smallest absolute Gasteiger partial charge is 0.172 e. The molecular weight excluding hydrogens is 290 g/mol. The minimum absolute atomic E-state index is 0.433. The van der Waals surface area contributed by atoms with E-state index in [9.17, 15) is 4.79 Å². The molecule has 0 unspecified atom stereocenters. The van der Waals surface area contributed by atoms with Crippen LogP contribution in [0.1, 0.15) is 34.9 Å². The molecule has 1 aliphatic carbocycles. The Balaban J connectivity index is 1.50. The van der Waals surface area contributed by atoms with Gasteiger partial charge in [0.2, 0.25) is 0 Å². The first-order valence-corrected chi connectivity index (χ1v) is 7.86. The molecule has 0 radical (unpaired) electrons. The van der Waals surface area contributed by atoms with Crippen LogP contribution in [-0.4, -0.2) is 27.9 Å². The van der Waals surface area contributed by atoms with Gasteiger partial charge >= 0.3 is 0 Å². The Bertz CT molecular complexity index is 847. The van der Waals surface area contributed by atoms with Crippen molar-refractivity contribution in [3.05, 3.63) is 53.9 Å². The van der Waals surface area contributed by atoms with Gasteiger partial charge in [0, 0.05) is 11.3 Å². The van der Waals surface area contributed by atoms with Gasteiger partial charge < -0.3 is 4.74 Å². The van der Waals surface area contributed by atoms with Crippen LogP contribution in [0, 0.1) is 0 Å². The SMILES string of the molecule is O=Cc1nnn(CCOc2cccc3ccccc23)c1C1CC1. The molecule has 1 heterocycles. The van der Waals surface area contributed by atoms with E-state index in [0.29, 0.717) is 24.8 Å². The largest absolute Gasteiger partial charge is 0.491 e. The van der Waals surface area contributed by atoms with Crippen LogP contribution in [0.25, 0.3) is 10.8 Å². The fraction of sp³-hybridized carbons (Fsp3) is 0.278. The molecule has 23 heavy (non-hydrogen) atoms. The van der Waals surface area contributed by atoms with Crippen LogP contribution in [-0.2, 0) is 6.54 Å². The molecule has 0 amide bonds. The molecule has 4 rings (SSSR count). The topological polar surface area (TPSA) is 57.0 Å². The van der Waals surface area contributed by atoms with E-state index in [1.807, 2.05) is 28.9 Å². The van der Waals surface area contributed by atoms with E-state index in [2.05, 4.69) is 28.5 Å². The maximum absolute atomic E-state index is 11.1. The summed E-state index contributed by atoms with van der Waals surface area (Å²) in [6, 6.07) is 14.2. The molecule has 116 valence electrons. The zero-order chi connectivity index (χ0) is 15.6. The van der Waals surface area contributed by atoms with Gasteiger partial charge in [0.15, 0.2) is 6.29 Å². The van der Waals surface area contributed by atoms with Crippen LogP contribution in [0.15, 0.2) is 42.5 Å². The van der Waals surface area contributed by atoms with Crippen molar-refractivity contribution in [2.24, 2.45) is 0 Å². The number of aromatic nitrogens is 3. The molecule has 0 aliphatic heterocycles. The Morgan fingerprint density at radius 1 is 1.17 bits per heavy atom. The molecule has 2 aromatic carbocycles. The number of ether oxygens (including phenoxy) is 1. The van der Waals surface area contributed by atoms with Gasteiger partial charge in [0.1, 0.15) is 18.1 Å². The quantitative estimate of drug-likeness (QED) is 0.656. The highest BCUT2D eigenvalue weighted by Crippen LogP contribution is 2.40. The lowest BCUT2D eigenvalue weighted by Crippen LogP contribution is -2.12. The number of fused-ring (bicyclic) bond motifs is 1. The summed E-state index contributed by atoms with van der Waals surface area (Å²) in [4.78, 5) is 11.1. The van der Waals surface area contributed by atoms with Crippen LogP contribution in [0.4, 0.5) is 0 Å². The van der Waals surface area contributed by atoms with Crippen LogP contribution in [0.3, 0.4) is 0 Å². The minimum atomic E-state index is 0.433. The third-order valence-electron chi connectivity index (χ3n) is 4.19. The highest BCUT2D eigenvalue weighted by Gasteiger charge is 2.31. The molecule has 3 aromatic rings. The molecule has 0 saturated heterocycles. The second-order valence-electron chi connectivity index (χ2n) is 5.80. The number of nitrogens with zero attached hydrogens (tertiary/aromatic N) is 3. The molecule has 0 bridgehead atoms. The maximum atomic E-state index is 11.1. The van der Waals surface area contributed by atoms with Gasteiger partial charge in [-0.25, -0.2) is 4.68 Å². The summed E-state index contributed by atoms with van der Waals surface area (Å²) < 4.78 is 7.76. The maximum Gasteiger partial charge on any atom is 0.172 e. The second-order valence-corrected chi connectivity index (χ2v) is 5.80. The summed E-state index contributed by atoms with van der Waals surface area (Å²) in [7, 11) is 0. The fourth-order valence-corrected chi connectivity index (χ4v) is 2.92. The number of aldehydes is 1. The van der Waals surface area contributed by atoms with Gasteiger partial charge in [0.25, 0.3) is 0 Å². The monoisotopic (exact) mass is 307 g/mol. The zero-order valence-corrected chi connectivity index (χ0v) is 12.7.